The van der Waals surface area contributed by atoms with E-state index in [-0.39, 0.29) is 28.1 Å². The van der Waals surface area contributed by atoms with Gasteiger partial charge in [-0.1, -0.05) is 11.6 Å². The molecule has 2 fully saturated rings. The first-order valence-corrected chi connectivity index (χ1v) is 11.3. The van der Waals surface area contributed by atoms with Gasteiger partial charge in [-0.2, -0.15) is 0 Å². The van der Waals surface area contributed by atoms with E-state index in [0.717, 1.165) is 12.1 Å². The number of hydrogen-bond donors (Lipinski definition) is 0. The first-order chi connectivity index (χ1) is 16.2. The Morgan fingerprint density at radius 3 is 2.24 bits per heavy atom. The van der Waals surface area contributed by atoms with Crippen molar-refractivity contribution in [3.05, 3.63) is 68.7 Å². The molecule has 4 rings (SSSR count). The molecule has 2 aromatic carbocycles. The van der Waals surface area contributed by atoms with E-state index in [1.165, 1.54) is 11.0 Å². The second kappa shape index (κ2) is 9.92. The molecule has 8 nitrogen and oxygen atoms in total. The third kappa shape index (κ3) is 4.96. The number of nitrogens with zero attached hydrogens (tertiary/aromatic N) is 4. The Kier molecular flexibility index (Phi) is 6.97. The van der Waals surface area contributed by atoms with Crippen molar-refractivity contribution >= 4 is 34.8 Å². The topological polar surface area (TPSA) is 87.0 Å². The molecule has 2 aromatic rings. The van der Waals surface area contributed by atoms with Crippen molar-refractivity contribution in [2.45, 2.75) is 12.8 Å². The smallest absolute Gasteiger partial charge is 0.294 e. The van der Waals surface area contributed by atoms with Crippen LogP contribution in [0.1, 0.15) is 23.2 Å². The Balaban J connectivity index is 1.32. The summed E-state index contributed by atoms with van der Waals surface area (Å²) in [6.45, 7) is 2.38. The molecular weight excluding hydrogens is 470 g/mol. The summed E-state index contributed by atoms with van der Waals surface area (Å²) in [6, 6.07) is 7.41. The van der Waals surface area contributed by atoms with Crippen molar-refractivity contribution < 1.29 is 23.3 Å². The molecule has 34 heavy (non-hydrogen) atoms. The minimum atomic E-state index is -0.901. The summed E-state index contributed by atoms with van der Waals surface area (Å²) >= 11 is 5.90. The summed E-state index contributed by atoms with van der Waals surface area (Å²) in [6.07, 6.45) is 0.909. The number of benzene rings is 2. The van der Waals surface area contributed by atoms with Crippen LogP contribution in [-0.2, 0) is 4.79 Å². The number of piperazine rings is 1. The van der Waals surface area contributed by atoms with Crippen LogP contribution in [0.15, 0.2) is 36.4 Å². The van der Waals surface area contributed by atoms with E-state index in [4.69, 9.17) is 11.6 Å². The van der Waals surface area contributed by atoms with Crippen LogP contribution < -0.4 is 4.90 Å². The Morgan fingerprint density at radius 2 is 1.62 bits per heavy atom. The number of nitro groups is 1. The second-order valence-electron chi connectivity index (χ2n) is 8.39. The maximum Gasteiger partial charge on any atom is 0.294 e. The van der Waals surface area contributed by atoms with Crippen LogP contribution in [-0.4, -0.2) is 65.8 Å². The van der Waals surface area contributed by atoms with Crippen LogP contribution >= 0.6 is 11.6 Å². The minimum absolute atomic E-state index is 0.00897. The molecule has 2 aliphatic heterocycles. The molecule has 0 bridgehead atoms. The van der Waals surface area contributed by atoms with Gasteiger partial charge in [-0.25, -0.2) is 8.78 Å². The Labute approximate surface area is 199 Å². The van der Waals surface area contributed by atoms with Crippen molar-refractivity contribution in [3.63, 3.8) is 0 Å². The van der Waals surface area contributed by atoms with Crippen LogP contribution in [0.2, 0.25) is 5.02 Å². The number of carbonyl (C=O) groups is 2. The molecule has 0 N–H and O–H groups in total. The summed E-state index contributed by atoms with van der Waals surface area (Å²) in [5.41, 5.74) is 0.224. The molecule has 0 atom stereocenters. The van der Waals surface area contributed by atoms with E-state index in [9.17, 15) is 28.5 Å². The number of halogens is 3. The number of nitro benzene ring substituents is 1. The fourth-order valence-electron chi connectivity index (χ4n) is 4.50. The van der Waals surface area contributed by atoms with Crippen molar-refractivity contribution in [2.75, 3.05) is 44.2 Å². The van der Waals surface area contributed by atoms with Crippen molar-refractivity contribution in [1.82, 2.24) is 9.80 Å². The SMILES string of the molecule is O=C(c1ccc(F)cc1F)N1CCC(C(=O)N2CCN(c3ccc(Cl)cc3[N+](=O)[O-])CC2)CC1. The van der Waals surface area contributed by atoms with E-state index < -0.39 is 22.5 Å². The van der Waals surface area contributed by atoms with Gasteiger partial charge in [0, 0.05) is 62.3 Å². The van der Waals surface area contributed by atoms with Gasteiger partial charge < -0.3 is 14.7 Å². The number of likely N-dealkylation sites (tertiary alicyclic amines) is 1. The highest BCUT2D eigenvalue weighted by Crippen LogP contribution is 2.32. The lowest BCUT2D eigenvalue weighted by Gasteiger charge is -2.39. The summed E-state index contributed by atoms with van der Waals surface area (Å²) in [7, 11) is 0. The highest BCUT2D eigenvalue weighted by atomic mass is 35.5. The third-order valence-electron chi connectivity index (χ3n) is 6.36. The lowest BCUT2D eigenvalue weighted by molar-refractivity contribution is -0.384. The standard InChI is InChI=1S/C23H23ClF2N4O4/c24-16-1-4-20(21(13-16)30(33)34)27-9-11-29(12-10-27)22(31)15-5-7-28(8-6-15)23(32)18-3-2-17(25)14-19(18)26/h1-4,13-15H,5-12H2. The van der Waals surface area contributed by atoms with E-state index in [2.05, 4.69) is 0 Å². The predicted molar refractivity (Wildman–Crippen MR) is 122 cm³/mol. The zero-order chi connectivity index (χ0) is 24.4. The number of piperidine rings is 1. The first-order valence-electron chi connectivity index (χ1n) is 11.0. The van der Waals surface area contributed by atoms with Crippen LogP contribution in [0, 0.1) is 27.7 Å². The average molecular weight is 493 g/mol. The number of carbonyl (C=O) groups excluding carboxylic acids is 2. The summed E-state index contributed by atoms with van der Waals surface area (Å²) < 4.78 is 27.1. The zero-order valence-corrected chi connectivity index (χ0v) is 19.0. The molecule has 2 amide bonds. The van der Waals surface area contributed by atoms with Crippen LogP contribution in [0.4, 0.5) is 20.2 Å². The van der Waals surface area contributed by atoms with Crippen molar-refractivity contribution in [1.29, 1.82) is 0 Å². The van der Waals surface area contributed by atoms with Gasteiger partial charge in [0.15, 0.2) is 0 Å². The Bertz CT molecular complexity index is 1120. The van der Waals surface area contributed by atoms with Gasteiger partial charge in [0.1, 0.15) is 17.3 Å². The summed E-state index contributed by atoms with van der Waals surface area (Å²) in [5.74, 6) is -2.42. The molecule has 2 aliphatic rings. The highest BCUT2D eigenvalue weighted by molar-refractivity contribution is 6.30. The zero-order valence-electron chi connectivity index (χ0n) is 18.3. The molecule has 180 valence electrons. The maximum atomic E-state index is 14.0. The van der Waals surface area contributed by atoms with Crippen LogP contribution in [0.3, 0.4) is 0 Å². The van der Waals surface area contributed by atoms with Gasteiger partial charge >= 0.3 is 0 Å². The first kappa shape index (κ1) is 23.9. The number of anilines is 1. The Morgan fingerprint density at radius 1 is 0.941 bits per heavy atom. The van der Waals surface area contributed by atoms with Gasteiger partial charge in [0.2, 0.25) is 5.91 Å². The quantitative estimate of drug-likeness (QED) is 0.479. The minimum Gasteiger partial charge on any atom is -0.362 e. The number of amides is 2. The van der Waals surface area contributed by atoms with Crippen molar-refractivity contribution in [2.24, 2.45) is 5.92 Å². The van der Waals surface area contributed by atoms with Crippen LogP contribution in [0.25, 0.3) is 0 Å². The molecule has 0 spiro atoms. The summed E-state index contributed by atoms with van der Waals surface area (Å²) in [4.78, 5) is 41.6. The van der Waals surface area contributed by atoms with Gasteiger partial charge in [-0.15, -0.1) is 0 Å². The van der Waals surface area contributed by atoms with E-state index in [1.54, 1.807) is 17.0 Å². The molecule has 0 unspecified atom stereocenters. The number of hydrogen-bond acceptors (Lipinski definition) is 5. The van der Waals surface area contributed by atoms with E-state index in [0.29, 0.717) is 63.9 Å². The molecule has 0 aliphatic carbocycles. The van der Waals surface area contributed by atoms with Crippen LogP contribution in [0.5, 0.6) is 0 Å². The average Bonchev–Trinajstić information content (AvgIpc) is 2.83. The third-order valence-corrected chi connectivity index (χ3v) is 6.59. The predicted octanol–water partition coefficient (Wildman–Crippen LogP) is 3.73. The van der Waals surface area contributed by atoms with E-state index >= 15 is 0 Å². The molecule has 2 heterocycles. The fourth-order valence-corrected chi connectivity index (χ4v) is 4.67. The molecule has 0 radical (unpaired) electrons. The maximum absolute atomic E-state index is 14.0. The molecule has 2 saturated heterocycles. The van der Waals surface area contributed by atoms with E-state index in [1.807, 2.05) is 4.90 Å². The normalized spacial score (nSPS) is 17.1. The highest BCUT2D eigenvalue weighted by Gasteiger charge is 2.33. The number of rotatable bonds is 4. The van der Waals surface area contributed by atoms with Crippen molar-refractivity contribution in [3.8, 4) is 0 Å². The van der Waals surface area contributed by atoms with Gasteiger partial charge in [0.25, 0.3) is 11.6 Å². The molecular formula is C23H23ClF2N4O4. The largest absolute Gasteiger partial charge is 0.362 e. The molecule has 0 aromatic heterocycles. The fraction of sp³-hybridized carbons (Fsp3) is 0.391. The lowest BCUT2D eigenvalue weighted by atomic mass is 9.94. The van der Waals surface area contributed by atoms with Gasteiger partial charge in [-0.05, 0) is 37.1 Å². The monoisotopic (exact) mass is 492 g/mol. The Hall–Kier alpha value is -3.27. The second-order valence-corrected chi connectivity index (χ2v) is 8.83. The molecule has 0 saturated carbocycles. The van der Waals surface area contributed by atoms with Gasteiger partial charge in [0.05, 0.1) is 10.5 Å². The van der Waals surface area contributed by atoms with Gasteiger partial charge in [-0.3, -0.25) is 19.7 Å². The lowest BCUT2D eigenvalue weighted by Crippen LogP contribution is -2.52. The molecule has 11 heteroatoms. The summed E-state index contributed by atoms with van der Waals surface area (Å²) in [5, 5.41) is 11.7.